The Bertz CT molecular complexity index is 444. The largest absolute Gasteiger partial charge is 0.497 e. The summed E-state index contributed by atoms with van der Waals surface area (Å²) in [5.41, 5.74) is -1.33. The first-order valence-corrected chi connectivity index (χ1v) is 6.67. The van der Waals surface area contributed by atoms with Crippen molar-refractivity contribution in [1.29, 1.82) is 0 Å². The molecule has 2 N–H and O–H groups in total. The molecule has 2 atom stereocenters. The van der Waals surface area contributed by atoms with Gasteiger partial charge in [0, 0.05) is 13.5 Å². The molecule has 0 fully saturated rings. The molecule has 2 unspecified atom stereocenters. The van der Waals surface area contributed by atoms with Crippen LogP contribution in [0.15, 0.2) is 24.3 Å². The molecule has 0 aliphatic carbocycles. The third kappa shape index (κ3) is 4.42. The molecule has 0 saturated heterocycles. The molecule has 1 aromatic carbocycles. The highest BCUT2D eigenvalue weighted by Gasteiger charge is 2.44. The SMILES string of the molecule is CCC(OCOC)C(O)(Cc1ccc(OC)cc1)C(=O)O. The van der Waals surface area contributed by atoms with Crippen molar-refractivity contribution >= 4 is 5.97 Å². The van der Waals surface area contributed by atoms with E-state index in [4.69, 9.17) is 14.2 Å². The average molecular weight is 298 g/mol. The molecule has 0 saturated carbocycles. The molecule has 118 valence electrons. The summed E-state index contributed by atoms with van der Waals surface area (Å²) in [6.45, 7) is 1.68. The van der Waals surface area contributed by atoms with Gasteiger partial charge in [-0.05, 0) is 24.1 Å². The highest BCUT2D eigenvalue weighted by Crippen LogP contribution is 2.24. The second-order valence-electron chi connectivity index (χ2n) is 4.72. The monoisotopic (exact) mass is 298 g/mol. The van der Waals surface area contributed by atoms with Crippen LogP contribution < -0.4 is 4.74 Å². The number of carboxylic acid groups (broad SMARTS) is 1. The second-order valence-corrected chi connectivity index (χ2v) is 4.72. The predicted octanol–water partition coefficient (Wildman–Crippen LogP) is 1.45. The summed E-state index contributed by atoms with van der Waals surface area (Å²) < 4.78 is 15.1. The van der Waals surface area contributed by atoms with E-state index in [-0.39, 0.29) is 13.2 Å². The highest BCUT2D eigenvalue weighted by molar-refractivity contribution is 5.78. The molecule has 0 spiro atoms. The van der Waals surface area contributed by atoms with E-state index < -0.39 is 17.7 Å². The van der Waals surface area contributed by atoms with E-state index in [1.54, 1.807) is 38.3 Å². The minimum absolute atomic E-state index is 0.0610. The Morgan fingerprint density at radius 1 is 1.29 bits per heavy atom. The van der Waals surface area contributed by atoms with Crippen LogP contribution in [0.4, 0.5) is 0 Å². The van der Waals surface area contributed by atoms with Crippen LogP contribution in [0.5, 0.6) is 5.75 Å². The Morgan fingerprint density at radius 2 is 1.90 bits per heavy atom. The molecule has 0 heterocycles. The van der Waals surface area contributed by atoms with Gasteiger partial charge in [-0.15, -0.1) is 0 Å². The van der Waals surface area contributed by atoms with Gasteiger partial charge in [-0.2, -0.15) is 0 Å². The van der Waals surface area contributed by atoms with Crippen molar-refractivity contribution in [2.24, 2.45) is 0 Å². The molecule has 0 aromatic heterocycles. The van der Waals surface area contributed by atoms with Gasteiger partial charge >= 0.3 is 5.97 Å². The Morgan fingerprint density at radius 3 is 2.33 bits per heavy atom. The Kier molecular flexibility index (Phi) is 6.61. The lowest BCUT2D eigenvalue weighted by molar-refractivity contribution is -0.189. The minimum Gasteiger partial charge on any atom is -0.497 e. The van der Waals surface area contributed by atoms with Crippen molar-refractivity contribution < 1.29 is 29.2 Å². The standard InChI is InChI=1S/C15H22O6/c1-4-13(21-10-19-2)15(18,14(16)17)9-11-5-7-12(20-3)8-6-11/h5-8,13,18H,4,9-10H2,1-3H3,(H,16,17). The molecule has 6 nitrogen and oxygen atoms in total. The summed E-state index contributed by atoms with van der Waals surface area (Å²) >= 11 is 0. The van der Waals surface area contributed by atoms with Crippen molar-refractivity contribution in [3.8, 4) is 5.75 Å². The van der Waals surface area contributed by atoms with E-state index in [0.29, 0.717) is 17.7 Å². The summed E-state index contributed by atoms with van der Waals surface area (Å²) in [7, 11) is 2.99. The maximum absolute atomic E-state index is 11.5. The first-order chi connectivity index (χ1) is 9.97. The fourth-order valence-electron chi connectivity index (χ4n) is 2.13. The van der Waals surface area contributed by atoms with E-state index >= 15 is 0 Å². The normalized spacial score (nSPS) is 15.2. The number of benzene rings is 1. The van der Waals surface area contributed by atoms with Crippen LogP contribution in [0, 0.1) is 0 Å². The van der Waals surface area contributed by atoms with Crippen molar-refractivity contribution in [3.05, 3.63) is 29.8 Å². The second kappa shape index (κ2) is 7.97. The molecular formula is C15H22O6. The zero-order valence-electron chi connectivity index (χ0n) is 12.5. The topological polar surface area (TPSA) is 85.2 Å². The lowest BCUT2D eigenvalue weighted by Gasteiger charge is -2.31. The molecular weight excluding hydrogens is 276 g/mol. The van der Waals surface area contributed by atoms with Crippen molar-refractivity contribution in [1.82, 2.24) is 0 Å². The average Bonchev–Trinajstić information content (AvgIpc) is 2.48. The summed E-state index contributed by atoms with van der Waals surface area (Å²) in [4.78, 5) is 11.5. The van der Waals surface area contributed by atoms with Crippen molar-refractivity contribution in [3.63, 3.8) is 0 Å². The highest BCUT2D eigenvalue weighted by atomic mass is 16.7. The van der Waals surface area contributed by atoms with Crippen LogP contribution in [-0.4, -0.2) is 48.9 Å². The zero-order chi connectivity index (χ0) is 15.9. The first kappa shape index (κ1) is 17.4. The van der Waals surface area contributed by atoms with Gasteiger partial charge in [-0.25, -0.2) is 4.79 Å². The lowest BCUT2D eigenvalue weighted by Crippen LogP contribution is -2.52. The van der Waals surface area contributed by atoms with Crippen LogP contribution >= 0.6 is 0 Å². The van der Waals surface area contributed by atoms with Crippen LogP contribution in [0.2, 0.25) is 0 Å². The van der Waals surface area contributed by atoms with Crippen molar-refractivity contribution in [2.45, 2.75) is 31.5 Å². The number of hydrogen-bond donors (Lipinski definition) is 2. The first-order valence-electron chi connectivity index (χ1n) is 6.67. The third-order valence-corrected chi connectivity index (χ3v) is 3.29. The zero-order valence-corrected chi connectivity index (χ0v) is 12.5. The van der Waals surface area contributed by atoms with Crippen molar-refractivity contribution in [2.75, 3.05) is 21.0 Å². The number of ether oxygens (including phenoxy) is 3. The maximum atomic E-state index is 11.5. The van der Waals surface area contributed by atoms with Gasteiger partial charge in [0.25, 0.3) is 0 Å². The fraction of sp³-hybridized carbons (Fsp3) is 0.533. The van der Waals surface area contributed by atoms with Gasteiger partial charge in [-0.1, -0.05) is 19.1 Å². The number of carbonyl (C=O) groups is 1. The Labute approximate surface area is 124 Å². The van der Waals surface area contributed by atoms with E-state index in [2.05, 4.69) is 0 Å². The summed E-state index contributed by atoms with van der Waals surface area (Å²) in [5, 5.41) is 19.9. The number of carboxylic acids is 1. The number of rotatable bonds is 9. The molecule has 0 amide bonds. The van der Waals surface area contributed by atoms with Gasteiger partial charge in [0.1, 0.15) is 18.6 Å². The quantitative estimate of drug-likeness (QED) is 0.671. The van der Waals surface area contributed by atoms with Crippen LogP contribution in [-0.2, 0) is 20.7 Å². The predicted molar refractivity (Wildman–Crippen MR) is 76.3 cm³/mol. The summed E-state index contributed by atoms with van der Waals surface area (Å²) in [6.07, 6.45) is -0.575. The van der Waals surface area contributed by atoms with Gasteiger partial charge in [0.2, 0.25) is 0 Å². The molecule has 0 radical (unpaired) electrons. The molecule has 0 aliphatic rings. The van der Waals surface area contributed by atoms with Gasteiger partial charge in [0.05, 0.1) is 7.11 Å². The lowest BCUT2D eigenvalue weighted by atomic mass is 9.87. The van der Waals surface area contributed by atoms with E-state index in [1.807, 2.05) is 0 Å². The smallest absolute Gasteiger partial charge is 0.338 e. The molecule has 6 heteroatoms. The van der Waals surface area contributed by atoms with Crippen LogP contribution in [0.3, 0.4) is 0 Å². The van der Waals surface area contributed by atoms with E-state index in [0.717, 1.165) is 0 Å². The fourth-order valence-corrected chi connectivity index (χ4v) is 2.13. The number of methoxy groups -OCH3 is 2. The van der Waals surface area contributed by atoms with Gasteiger partial charge in [-0.3, -0.25) is 0 Å². The van der Waals surface area contributed by atoms with E-state index in [9.17, 15) is 15.0 Å². The Balaban J connectivity index is 2.94. The molecule has 1 aromatic rings. The maximum Gasteiger partial charge on any atom is 0.338 e. The van der Waals surface area contributed by atoms with Gasteiger partial charge < -0.3 is 24.4 Å². The van der Waals surface area contributed by atoms with E-state index in [1.165, 1.54) is 7.11 Å². The molecule has 0 aliphatic heterocycles. The number of aliphatic carboxylic acids is 1. The summed E-state index contributed by atoms with van der Waals surface area (Å²) in [6, 6.07) is 6.87. The Hall–Kier alpha value is -1.63. The number of hydrogen-bond acceptors (Lipinski definition) is 5. The molecule has 0 bridgehead atoms. The van der Waals surface area contributed by atoms with Gasteiger partial charge in [0.15, 0.2) is 5.60 Å². The van der Waals surface area contributed by atoms with Crippen LogP contribution in [0.25, 0.3) is 0 Å². The molecule has 1 rings (SSSR count). The minimum atomic E-state index is -2.01. The summed E-state index contributed by atoms with van der Waals surface area (Å²) in [5.74, 6) is -0.651. The number of aliphatic hydroxyl groups is 1. The molecule has 21 heavy (non-hydrogen) atoms. The van der Waals surface area contributed by atoms with Crippen LogP contribution in [0.1, 0.15) is 18.9 Å². The third-order valence-electron chi connectivity index (χ3n) is 3.29.